The Morgan fingerprint density at radius 2 is 2.16 bits per heavy atom. The number of carbonyl (C=O) groups is 1. The molecule has 0 aliphatic carbocycles. The van der Waals surface area contributed by atoms with Crippen molar-refractivity contribution < 1.29 is 9.18 Å². The van der Waals surface area contributed by atoms with E-state index in [2.05, 4.69) is 5.32 Å². The first-order valence-electron chi connectivity index (χ1n) is 8.06. The predicted molar refractivity (Wildman–Crippen MR) is 99.6 cm³/mol. The Kier molecular flexibility index (Phi) is 4.44. The van der Waals surface area contributed by atoms with Crippen molar-refractivity contribution in [2.24, 2.45) is 0 Å². The maximum Gasteiger partial charge on any atom is 0.240 e. The third-order valence-corrected chi connectivity index (χ3v) is 5.75. The van der Waals surface area contributed by atoms with Crippen LogP contribution in [0.25, 0.3) is 10.9 Å². The lowest BCUT2D eigenvalue weighted by Crippen LogP contribution is -2.33. The normalized spacial score (nSPS) is 16.6. The fourth-order valence-electron chi connectivity index (χ4n) is 3.20. The number of hydrogen-bond acceptors (Lipinski definition) is 2. The lowest BCUT2D eigenvalue weighted by atomic mass is 10.0. The van der Waals surface area contributed by atoms with E-state index < -0.39 is 0 Å². The number of hydrogen-bond donors (Lipinski definition) is 1. The van der Waals surface area contributed by atoms with Gasteiger partial charge < -0.3 is 9.88 Å². The van der Waals surface area contributed by atoms with E-state index in [1.54, 1.807) is 17.8 Å². The topological polar surface area (TPSA) is 34.0 Å². The fourth-order valence-corrected chi connectivity index (χ4v) is 4.48. The molecule has 1 unspecified atom stereocenters. The van der Waals surface area contributed by atoms with E-state index in [-0.39, 0.29) is 24.3 Å². The first-order chi connectivity index (χ1) is 12.1. The minimum atomic E-state index is -0.272. The highest BCUT2D eigenvalue weighted by atomic mass is 35.5. The number of rotatable bonds is 3. The molecular weight excluding hydrogens is 359 g/mol. The Bertz CT molecular complexity index is 956. The monoisotopic (exact) mass is 374 g/mol. The molecule has 3 nitrogen and oxygen atoms in total. The average Bonchev–Trinajstić information content (AvgIpc) is 2.97. The second-order valence-electron chi connectivity index (χ2n) is 6.09. The number of carbonyl (C=O) groups excluding carboxylic acids is 1. The quantitative estimate of drug-likeness (QED) is 0.715. The molecule has 0 spiro atoms. The zero-order valence-electron chi connectivity index (χ0n) is 13.3. The van der Waals surface area contributed by atoms with Gasteiger partial charge in [-0.1, -0.05) is 17.7 Å². The summed E-state index contributed by atoms with van der Waals surface area (Å²) < 4.78 is 15.5. The van der Waals surface area contributed by atoms with Crippen LogP contribution < -0.4 is 5.32 Å². The molecule has 1 atom stereocenters. The van der Waals surface area contributed by atoms with Gasteiger partial charge in [-0.2, -0.15) is 0 Å². The van der Waals surface area contributed by atoms with E-state index in [0.29, 0.717) is 5.02 Å². The van der Waals surface area contributed by atoms with Gasteiger partial charge in [-0.25, -0.2) is 4.39 Å². The van der Waals surface area contributed by atoms with Crippen molar-refractivity contribution in [2.75, 3.05) is 5.75 Å². The number of nitrogens with zero attached hydrogens (tertiary/aromatic N) is 1. The average molecular weight is 375 g/mol. The molecule has 0 saturated carbocycles. The summed E-state index contributed by atoms with van der Waals surface area (Å²) in [5.41, 5.74) is 1.79. The number of benzene rings is 2. The lowest BCUT2D eigenvalue weighted by Gasteiger charge is -2.26. The summed E-state index contributed by atoms with van der Waals surface area (Å²) in [6, 6.07) is 12.2. The molecule has 1 aromatic heterocycles. The molecule has 6 heteroatoms. The van der Waals surface area contributed by atoms with E-state index in [9.17, 15) is 9.18 Å². The van der Waals surface area contributed by atoms with E-state index >= 15 is 0 Å². The summed E-state index contributed by atoms with van der Waals surface area (Å²) in [7, 11) is 0. The van der Waals surface area contributed by atoms with E-state index in [1.165, 1.54) is 12.1 Å². The maximum atomic E-state index is 13.6. The molecule has 0 fully saturated rings. The summed E-state index contributed by atoms with van der Waals surface area (Å²) in [4.78, 5) is 13.6. The van der Waals surface area contributed by atoms with E-state index in [1.807, 2.05) is 35.0 Å². The summed E-state index contributed by atoms with van der Waals surface area (Å²) in [6.07, 6.45) is 2.68. The highest BCUT2D eigenvalue weighted by molar-refractivity contribution is 7.99. The van der Waals surface area contributed by atoms with Crippen LogP contribution in [0.1, 0.15) is 18.0 Å². The van der Waals surface area contributed by atoms with Crippen LogP contribution in [0.15, 0.2) is 53.6 Å². The Balaban J connectivity index is 1.53. The van der Waals surface area contributed by atoms with Crippen molar-refractivity contribution in [2.45, 2.75) is 23.9 Å². The predicted octanol–water partition coefficient (Wildman–Crippen LogP) is 4.79. The zero-order chi connectivity index (χ0) is 17.4. The summed E-state index contributed by atoms with van der Waals surface area (Å²) in [5, 5.41) is 4.73. The molecule has 2 heterocycles. The molecule has 4 rings (SSSR count). The highest BCUT2D eigenvalue weighted by Gasteiger charge is 2.23. The largest absolute Gasteiger partial charge is 0.348 e. The van der Waals surface area contributed by atoms with Crippen LogP contribution in [0.3, 0.4) is 0 Å². The lowest BCUT2D eigenvalue weighted by molar-refractivity contribution is -0.122. The number of fused-ring (bicyclic) bond motifs is 2. The van der Waals surface area contributed by atoms with Gasteiger partial charge in [-0.05, 0) is 53.8 Å². The number of halogens is 2. The molecule has 0 radical (unpaired) electrons. The van der Waals surface area contributed by atoms with Crippen LogP contribution in [0.2, 0.25) is 5.02 Å². The molecule has 1 N–H and O–H groups in total. The Morgan fingerprint density at radius 1 is 1.28 bits per heavy atom. The molecular formula is C19H16ClFN2OS. The number of nitrogens with one attached hydrogen (secondary N) is 1. The van der Waals surface area contributed by atoms with Gasteiger partial charge in [0.05, 0.1) is 6.04 Å². The van der Waals surface area contributed by atoms with Gasteiger partial charge in [-0.3, -0.25) is 4.79 Å². The minimum absolute atomic E-state index is 0.0930. The Morgan fingerprint density at radius 3 is 3.04 bits per heavy atom. The van der Waals surface area contributed by atoms with Crippen molar-refractivity contribution in [1.82, 2.24) is 9.88 Å². The van der Waals surface area contributed by atoms with Gasteiger partial charge in [0.1, 0.15) is 12.4 Å². The van der Waals surface area contributed by atoms with E-state index in [0.717, 1.165) is 33.5 Å². The first kappa shape index (κ1) is 16.5. The number of thioether (sulfide) groups is 1. The van der Waals surface area contributed by atoms with Crippen molar-refractivity contribution >= 4 is 40.2 Å². The molecule has 3 aromatic rings. The van der Waals surface area contributed by atoms with Gasteiger partial charge in [0.15, 0.2) is 0 Å². The molecule has 0 bridgehead atoms. The second kappa shape index (κ2) is 6.73. The molecule has 1 aliphatic rings. The Hall–Kier alpha value is -1.98. The number of aromatic nitrogens is 1. The van der Waals surface area contributed by atoms with Crippen LogP contribution in [-0.4, -0.2) is 16.2 Å². The van der Waals surface area contributed by atoms with Crippen LogP contribution >= 0.6 is 23.4 Å². The summed E-state index contributed by atoms with van der Waals surface area (Å²) >= 11 is 7.76. The maximum absolute atomic E-state index is 13.6. The molecule has 0 saturated heterocycles. The van der Waals surface area contributed by atoms with Gasteiger partial charge in [0, 0.05) is 27.4 Å². The van der Waals surface area contributed by atoms with Crippen LogP contribution in [0.4, 0.5) is 4.39 Å². The van der Waals surface area contributed by atoms with Crippen molar-refractivity contribution in [3.8, 4) is 0 Å². The highest BCUT2D eigenvalue weighted by Crippen LogP contribution is 2.36. The van der Waals surface area contributed by atoms with Crippen LogP contribution in [0.5, 0.6) is 0 Å². The number of amides is 1. The van der Waals surface area contributed by atoms with Gasteiger partial charge in [0.25, 0.3) is 0 Å². The van der Waals surface area contributed by atoms with Gasteiger partial charge in [0.2, 0.25) is 5.91 Å². The zero-order valence-corrected chi connectivity index (χ0v) is 14.9. The molecule has 2 aromatic carbocycles. The molecule has 25 heavy (non-hydrogen) atoms. The molecule has 1 aliphatic heterocycles. The Labute approximate surface area is 154 Å². The van der Waals surface area contributed by atoms with Gasteiger partial charge in [-0.15, -0.1) is 11.8 Å². The SMILES string of the molecule is O=C(Cn1ccc2ccc(Cl)cc21)NC1CCSc2ccc(F)cc21. The minimum Gasteiger partial charge on any atom is -0.348 e. The third kappa shape index (κ3) is 3.39. The molecule has 128 valence electrons. The summed E-state index contributed by atoms with van der Waals surface area (Å²) in [5.74, 6) is 0.544. The molecule has 1 amide bonds. The van der Waals surface area contributed by atoms with Crippen LogP contribution in [-0.2, 0) is 11.3 Å². The first-order valence-corrected chi connectivity index (χ1v) is 9.42. The smallest absolute Gasteiger partial charge is 0.240 e. The van der Waals surface area contributed by atoms with Crippen LogP contribution in [0, 0.1) is 5.82 Å². The van der Waals surface area contributed by atoms with Crippen molar-refractivity contribution in [3.63, 3.8) is 0 Å². The third-order valence-electron chi connectivity index (χ3n) is 4.40. The second-order valence-corrected chi connectivity index (χ2v) is 7.66. The fraction of sp³-hybridized carbons (Fsp3) is 0.211. The summed E-state index contributed by atoms with van der Waals surface area (Å²) in [6.45, 7) is 0.206. The van der Waals surface area contributed by atoms with Gasteiger partial charge >= 0.3 is 0 Å². The standard InChI is InChI=1S/C19H16ClFN2OS/c20-13-2-1-12-5-7-23(17(12)9-13)11-19(24)22-16-6-8-25-18-4-3-14(21)10-15(16)18/h1-5,7,9-10,16H,6,8,11H2,(H,22,24). The van der Waals surface area contributed by atoms with Crippen molar-refractivity contribution in [1.29, 1.82) is 0 Å². The van der Waals surface area contributed by atoms with Crippen molar-refractivity contribution in [3.05, 3.63) is 65.1 Å². The van der Waals surface area contributed by atoms with E-state index in [4.69, 9.17) is 11.6 Å².